The van der Waals surface area contributed by atoms with Gasteiger partial charge in [0.15, 0.2) is 0 Å². The summed E-state index contributed by atoms with van der Waals surface area (Å²) in [5.74, 6) is 0.270. The fourth-order valence-corrected chi connectivity index (χ4v) is 3.00. The van der Waals surface area contributed by atoms with Crippen molar-refractivity contribution in [2.24, 2.45) is 5.92 Å². The zero-order valence-corrected chi connectivity index (χ0v) is 11.7. The summed E-state index contributed by atoms with van der Waals surface area (Å²) in [4.78, 5) is 13.7. The van der Waals surface area contributed by atoms with Crippen LogP contribution in [-0.4, -0.2) is 35.6 Å². The van der Waals surface area contributed by atoms with Gasteiger partial charge in [0.25, 0.3) is 5.91 Å². The highest BCUT2D eigenvalue weighted by Crippen LogP contribution is 2.23. The average molecular weight is 349 g/mol. The van der Waals surface area contributed by atoms with Crippen LogP contribution in [-0.2, 0) is 0 Å². The first-order chi connectivity index (χ1) is 7.60. The van der Waals surface area contributed by atoms with Crippen molar-refractivity contribution in [1.29, 1.82) is 0 Å². The number of benzene rings is 1. The minimum absolute atomic E-state index is 0.0201. The van der Waals surface area contributed by atoms with E-state index in [1.165, 1.54) is 0 Å². The number of carbonyl (C=O) groups excluding carboxylic acids is 1. The summed E-state index contributed by atoms with van der Waals surface area (Å²) in [5.41, 5.74) is 0.664. The number of aliphatic hydroxyl groups is 1. The van der Waals surface area contributed by atoms with E-state index >= 15 is 0 Å². The molecule has 0 aromatic heterocycles. The van der Waals surface area contributed by atoms with Gasteiger partial charge >= 0.3 is 0 Å². The van der Waals surface area contributed by atoms with E-state index in [1.807, 2.05) is 6.07 Å². The van der Waals surface area contributed by atoms with Gasteiger partial charge < -0.3 is 10.0 Å². The minimum Gasteiger partial charge on any atom is -0.396 e. The van der Waals surface area contributed by atoms with Crippen LogP contribution in [0.1, 0.15) is 10.4 Å². The van der Waals surface area contributed by atoms with Gasteiger partial charge in [0.05, 0.1) is 0 Å². The molecule has 1 aromatic rings. The minimum atomic E-state index is 0.0201. The van der Waals surface area contributed by atoms with Gasteiger partial charge in [0, 0.05) is 40.1 Å². The highest BCUT2D eigenvalue weighted by Gasteiger charge is 2.30. The molecule has 1 fully saturated rings. The van der Waals surface area contributed by atoms with Gasteiger partial charge in [-0.1, -0.05) is 31.9 Å². The number of rotatable bonds is 2. The highest BCUT2D eigenvalue weighted by atomic mass is 79.9. The zero-order chi connectivity index (χ0) is 11.7. The number of hydrogen-bond donors (Lipinski definition) is 1. The van der Waals surface area contributed by atoms with Crippen LogP contribution in [0.15, 0.2) is 27.1 Å². The average Bonchev–Trinajstić information content (AvgIpc) is 2.14. The summed E-state index contributed by atoms with van der Waals surface area (Å²) < 4.78 is 1.76. The summed E-state index contributed by atoms with van der Waals surface area (Å²) in [7, 11) is 0. The number of amides is 1. The molecule has 1 N–H and O–H groups in total. The van der Waals surface area contributed by atoms with E-state index in [0.29, 0.717) is 18.7 Å². The second-order valence-electron chi connectivity index (χ2n) is 3.92. The molecule has 0 radical (unpaired) electrons. The maximum atomic E-state index is 12.0. The topological polar surface area (TPSA) is 40.5 Å². The molecular formula is C11H11Br2NO2. The van der Waals surface area contributed by atoms with E-state index in [1.54, 1.807) is 17.0 Å². The van der Waals surface area contributed by atoms with Crippen LogP contribution in [0.5, 0.6) is 0 Å². The molecule has 1 aromatic carbocycles. The molecule has 3 nitrogen and oxygen atoms in total. The SMILES string of the molecule is O=C(c1cc(Br)cc(Br)c1)N1CC(CO)C1. The van der Waals surface area contributed by atoms with Gasteiger partial charge in [-0.3, -0.25) is 4.79 Å². The molecule has 0 spiro atoms. The lowest BCUT2D eigenvalue weighted by Crippen LogP contribution is -2.51. The summed E-state index contributed by atoms with van der Waals surface area (Å²) >= 11 is 6.71. The van der Waals surface area contributed by atoms with Crippen molar-refractivity contribution in [1.82, 2.24) is 4.90 Å². The van der Waals surface area contributed by atoms with Gasteiger partial charge in [-0.2, -0.15) is 0 Å². The Balaban J connectivity index is 2.10. The number of nitrogens with zero attached hydrogens (tertiary/aromatic N) is 1. The predicted octanol–water partition coefficient (Wildman–Crippen LogP) is 2.28. The van der Waals surface area contributed by atoms with Crippen LogP contribution < -0.4 is 0 Å². The van der Waals surface area contributed by atoms with Crippen molar-refractivity contribution >= 4 is 37.8 Å². The Morgan fingerprint density at radius 2 is 1.88 bits per heavy atom. The predicted molar refractivity (Wildman–Crippen MR) is 68.3 cm³/mol. The van der Waals surface area contributed by atoms with Crippen LogP contribution >= 0.6 is 31.9 Å². The third-order valence-electron chi connectivity index (χ3n) is 2.61. The van der Waals surface area contributed by atoms with E-state index in [0.717, 1.165) is 8.95 Å². The first kappa shape index (κ1) is 12.1. The quantitative estimate of drug-likeness (QED) is 0.890. The Labute approximate surface area is 111 Å². The van der Waals surface area contributed by atoms with Gasteiger partial charge in [0.2, 0.25) is 0 Å². The monoisotopic (exact) mass is 347 g/mol. The van der Waals surface area contributed by atoms with E-state index < -0.39 is 0 Å². The molecule has 1 heterocycles. The molecule has 0 atom stereocenters. The van der Waals surface area contributed by atoms with Gasteiger partial charge in [-0.15, -0.1) is 0 Å². The number of carbonyl (C=O) groups is 1. The molecule has 86 valence electrons. The smallest absolute Gasteiger partial charge is 0.253 e. The lowest BCUT2D eigenvalue weighted by Gasteiger charge is -2.38. The molecule has 1 amide bonds. The molecule has 1 saturated heterocycles. The van der Waals surface area contributed by atoms with Crippen molar-refractivity contribution in [3.63, 3.8) is 0 Å². The summed E-state index contributed by atoms with van der Waals surface area (Å²) in [6.07, 6.45) is 0. The second-order valence-corrected chi connectivity index (χ2v) is 5.75. The summed E-state index contributed by atoms with van der Waals surface area (Å²) in [6.45, 7) is 1.46. The molecule has 0 saturated carbocycles. The molecule has 5 heteroatoms. The molecular weight excluding hydrogens is 338 g/mol. The summed E-state index contributed by atoms with van der Waals surface area (Å²) in [5, 5.41) is 8.89. The fraction of sp³-hybridized carbons (Fsp3) is 0.364. The van der Waals surface area contributed by atoms with E-state index in [2.05, 4.69) is 31.9 Å². The van der Waals surface area contributed by atoms with Crippen molar-refractivity contribution in [3.05, 3.63) is 32.7 Å². The fourth-order valence-electron chi connectivity index (χ4n) is 1.71. The van der Waals surface area contributed by atoms with Crippen molar-refractivity contribution < 1.29 is 9.90 Å². The third-order valence-corrected chi connectivity index (χ3v) is 3.53. The molecule has 2 rings (SSSR count). The zero-order valence-electron chi connectivity index (χ0n) is 8.49. The largest absolute Gasteiger partial charge is 0.396 e. The van der Waals surface area contributed by atoms with Crippen molar-refractivity contribution in [2.75, 3.05) is 19.7 Å². The van der Waals surface area contributed by atoms with Crippen LogP contribution in [0.3, 0.4) is 0 Å². The number of likely N-dealkylation sites (tertiary alicyclic amines) is 1. The standard InChI is InChI=1S/C11H11Br2NO2/c12-9-1-8(2-10(13)3-9)11(16)14-4-7(5-14)6-15/h1-3,7,15H,4-6H2. The maximum Gasteiger partial charge on any atom is 0.253 e. The maximum absolute atomic E-state index is 12.0. The first-order valence-corrected chi connectivity index (χ1v) is 6.55. The first-order valence-electron chi connectivity index (χ1n) is 4.96. The van der Waals surface area contributed by atoms with Gasteiger partial charge in [-0.05, 0) is 18.2 Å². The molecule has 16 heavy (non-hydrogen) atoms. The Kier molecular flexibility index (Phi) is 3.66. The van der Waals surface area contributed by atoms with Crippen LogP contribution in [0.25, 0.3) is 0 Å². The van der Waals surface area contributed by atoms with Crippen LogP contribution in [0.2, 0.25) is 0 Å². The lowest BCUT2D eigenvalue weighted by molar-refractivity contribution is 0.0362. The molecule has 0 unspecified atom stereocenters. The second kappa shape index (κ2) is 4.85. The Bertz CT molecular complexity index is 396. The Morgan fingerprint density at radius 3 is 2.38 bits per heavy atom. The van der Waals surface area contributed by atoms with E-state index in [4.69, 9.17) is 5.11 Å². The molecule has 1 aliphatic rings. The third kappa shape index (κ3) is 2.47. The molecule has 1 aliphatic heterocycles. The Hall–Kier alpha value is -0.390. The number of hydrogen-bond acceptors (Lipinski definition) is 2. The highest BCUT2D eigenvalue weighted by molar-refractivity contribution is 9.11. The van der Waals surface area contributed by atoms with Crippen molar-refractivity contribution in [3.8, 4) is 0 Å². The molecule has 0 bridgehead atoms. The Morgan fingerprint density at radius 1 is 1.31 bits per heavy atom. The lowest BCUT2D eigenvalue weighted by atomic mass is 10.00. The van der Waals surface area contributed by atoms with Gasteiger partial charge in [-0.25, -0.2) is 0 Å². The summed E-state index contributed by atoms with van der Waals surface area (Å²) in [6, 6.07) is 5.50. The van der Waals surface area contributed by atoms with Gasteiger partial charge in [0.1, 0.15) is 0 Å². The van der Waals surface area contributed by atoms with Crippen LogP contribution in [0, 0.1) is 5.92 Å². The van der Waals surface area contributed by atoms with E-state index in [-0.39, 0.29) is 18.4 Å². The normalized spacial score (nSPS) is 16.1. The molecule has 0 aliphatic carbocycles. The number of aliphatic hydroxyl groups excluding tert-OH is 1. The van der Waals surface area contributed by atoms with Crippen LogP contribution in [0.4, 0.5) is 0 Å². The number of halogens is 2. The van der Waals surface area contributed by atoms with Crippen molar-refractivity contribution in [2.45, 2.75) is 0 Å². The van der Waals surface area contributed by atoms with E-state index in [9.17, 15) is 4.79 Å².